The van der Waals surface area contributed by atoms with Crippen molar-refractivity contribution < 1.29 is 13.9 Å². The number of benzene rings is 3. The molecule has 0 saturated heterocycles. The summed E-state index contributed by atoms with van der Waals surface area (Å²) in [5.41, 5.74) is 4.34. The predicted molar refractivity (Wildman–Crippen MR) is 122 cm³/mol. The first kappa shape index (κ1) is 21.3. The van der Waals surface area contributed by atoms with Crippen molar-refractivity contribution in [3.8, 4) is 22.7 Å². The van der Waals surface area contributed by atoms with Crippen molar-refractivity contribution in [3.05, 3.63) is 102 Å². The fourth-order valence-electron chi connectivity index (χ4n) is 3.45. The maximum absolute atomic E-state index is 13.4. The fourth-order valence-corrected chi connectivity index (χ4v) is 3.45. The molecule has 0 aliphatic carbocycles. The Morgan fingerprint density at radius 3 is 2.53 bits per heavy atom. The lowest BCUT2D eigenvalue weighted by Crippen LogP contribution is -2.23. The average molecular weight is 429 g/mol. The molecule has 1 amide bonds. The van der Waals surface area contributed by atoms with Gasteiger partial charge in [-0.05, 0) is 48.0 Å². The molecule has 32 heavy (non-hydrogen) atoms. The summed E-state index contributed by atoms with van der Waals surface area (Å²) in [6.07, 6.45) is 0.816. The first-order valence-corrected chi connectivity index (χ1v) is 10.4. The van der Waals surface area contributed by atoms with E-state index in [9.17, 15) is 9.18 Å². The molecule has 5 nitrogen and oxygen atoms in total. The fraction of sp³-hybridized carbons (Fsp3) is 0.154. The van der Waals surface area contributed by atoms with Crippen LogP contribution in [-0.2, 0) is 17.8 Å². The Hall–Kier alpha value is -3.93. The molecule has 0 spiro atoms. The number of carbonyl (C=O) groups excluding carboxylic acids is 1. The molecule has 6 heteroatoms. The van der Waals surface area contributed by atoms with Gasteiger partial charge in [-0.3, -0.25) is 4.79 Å². The molecule has 162 valence electrons. The largest absolute Gasteiger partial charge is 0.497 e. The minimum absolute atomic E-state index is 0.0342. The first-order chi connectivity index (χ1) is 15.6. The third-order valence-electron chi connectivity index (χ3n) is 5.14. The van der Waals surface area contributed by atoms with Gasteiger partial charge in [0, 0.05) is 24.9 Å². The van der Waals surface area contributed by atoms with Crippen LogP contribution in [0, 0.1) is 5.82 Å². The van der Waals surface area contributed by atoms with Crippen LogP contribution in [0.2, 0.25) is 0 Å². The van der Waals surface area contributed by atoms with Gasteiger partial charge >= 0.3 is 0 Å². The van der Waals surface area contributed by atoms with Gasteiger partial charge in [-0.1, -0.05) is 42.5 Å². The normalized spacial score (nSPS) is 10.7. The van der Waals surface area contributed by atoms with Gasteiger partial charge in [0.2, 0.25) is 5.91 Å². The summed E-state index contributed by atoms with van der Waals surface area (Å²) >= 11 is 0. The lowest BCUT2D eigenvalue weighted by molar-refractivity contribution is -0.121. The second-order valence-electron chi connectivity index (χ2n) is 7.40. The van der Waals surface area contributed by atoms with Crippen molar-refractivity contribution >= 4 is 5.91 Å². The highest BCUT2D eigenvalue weighted by molar-refractivity contribution is 5.76. The zero-order valence-corrected chi connectivity index (χ0v) is 17.8. The molecule has 0 unspecified atom stereocenters. The minimum atomic E-state index is -0.306. The van der Waals surface area contributed by atoms with Crippen LogP contribution in [0.25, 0.3) is 16.9 Å². The van der Waals surface area contributed by atoms with Gasteiger partial charge in [0.1, 0.15) is 11.6 Å². The van der Waals surface area contributed by atoms with Gasteiger partial charge in [0.05, 0.1) is 24.2 Å². The molecule has 1 heterocycles. The number of ether oxygens (including phenoxy) is 1. The van der Waals surface area contributed by atoms with Gasteiger partial charge in [0.15, 0.2) is 0 Å². The number of amides is 1. The predicted octanol–water partition coefficient (Wildman–Crippen LogP) is 4.94. The Morgan fingerprint density at radius 1 is 1.00 bits per heavy atom. The SMILES string of the molecule is COc1cccc(-c2cc(CCC(=O)NCc3ccccc3)nn2-c2ccc(F)cc2)c1. The summed E-state index contributed by atoms with van der Waals surface area (Å²) < 4.78 is 20.6. The summed E-state index contributed by atoms with van der Waals surface area (Å²) in [6, 6.07) is 25.6. The summed E-state index contributed by atoms with van der Waals surface area (Å²) in [5, 5.41) is 7.65. The summed E-state index contributed by atoms with van der Waals surface area (Å²) in [6.45, 7) is 0.499. The van der Waals surface area contributed by atoms with Crippen molar-refractivity contribution in [1.29, 1.82) is 0 Å². The van der Waals surface area contributed by atoms with Gasteiger partial charge in [-0.15, -0.1) is 0 Å². The summed E-state index contributed by atoms with van der Waals surface area (Å²) in [4.78, 5) is 12.3. The van der Waals surface area contributed by atoms with E-state index < -0.39 is 0 Å². The Bertz CT molecular complexity index is 1190. The van der Waals surface area contributed by atoms with Crippen LogP contribution in [0.15, 0.2) is 84.9 Å². The number of carbonyl (C=O) groups is 1. The van der Waals surface area contributed by atoms with Crippen LogP contribution in [0.4, 0.5) is 4.39 Å². The summed E-state index contributed by atoms with van der Waals surface area (Å²) in [7, 11) is 1.62. The van der Waals surface area contributed by atoms with Crippen LogP contribution >= 0.6 is 0 Å². The van der Waals surface area contributed by atoms with Crippen molar-refractivity contribution in [2.75, 3.05) is 7.11 Å². The zero-order chi connectivity index (χ0) is 22.3. The van der Waals surface area contributed by atoms with E-state index in [1.165, 1.54) is 12.1 Å². The van der Waals surface area contributed by atoms with E-state index in [4.69, 9.17) is 9.84 Å². The number of hydrogen-bond donors (Lipinski definition) is 1. The molecule has 0 radical (unpaired) electrons. The maximum Gasteiger partial charge on any atom is 0.220 e. The van der Waals surface area contributed by atoms with Crippen LogP contribution < -0.4 is 10.1 Å². The molecule has 3 aromatic carbocycles. The first-order valence-electron chi connectivity index (χ1n) is 10.4. The third kappa shape index (κ3) is 5.21. The number of nitrogens with zero attached hydrogens (tertiary/aromatic N) is 2. The number of rotatable bonds is 8. The number of aromatic nitrogens is 2. The Morgan fingerprint density at radius 2 is 1.78 bits per heavy atom. The molecule has 0 saturated carbocycles. The van der Waals surface area contributed by atoms with Gasteiger partial charge < -0.3 is 10.1 Å². The van der Waals surface area contributed by atoms with Gasteiger partial charge in [0.25, 0.3) is 0 Å². The Balaban J connectivity index is 1.53. The van der Waals surface area contributed by atoms with E-state index in [0.717, 1.165) is 34.0 Å². The summed E-state index contributed by atoms with van der Waals surface area (Å²) in [5.74, 6) is 0.392. The molecule has 0 bridgehead atoms. The number of methoxy groups -OCH3 is 1. The van der Waals surface area contributed by atoms with Crippen LogP contribution in [-0.4, -0.2) is 22.8 Å². The average Bonchev–Trinajstić information content (AvgIpc) is 3.27. The third-order valence-corrected chi connectivity index (χ3v) is 5.14. The Labute approximate surface area is 186 Å². The lowest BCUT2D eigenvalue weighted by Gasteiger charge is -2.09. The molecule has 0 aliphatic heterocycles. The van der Waals surface area contributed by atoms with Crippen molar-refractivity contribution in [2.24, 2.45) is 0 Å². The molecule has 4 rings (SSSR count). The van der Waals surface area contributed by atoms with E-state index in [1.54, 1.807) is 23.9 Å². The highest BCUT2D eigenvalue weighted by Crippen LogP contribution is 2.27. The van der Waals surface area contributed by atoms with Crippen LogP contribution in [0.1, 0.15) is 17.7 Å². The Kier molecular flexibility index (Phi) is 6.60. The maximum atomic E-state index is 13.4. The van der Waals surface area contributed by atoms with E-state index in [1.807, 2.05) is 60.7 Å². The molecular weight excluding hydrogens is 405 g/mol. The highest BCUT2D eigenvalue weighted by atomic mass is 19.1. The van der Waals surface area contributed by atoms with E-state index in [0.29, 0.717) is 19.4 Å². The topological polar surface area (TPSA) is 56.1 Å². The molecule has 0 atom stereocenters. The molecule has 1 N–H and O–H groups in total. The molecule has 1 aromatic heterocycles. The van der Waals surface area contributed by atoms with Crippen LogP contribution in [0.3, 0.4) is 0 Å². The molecule has 4 aromatic rings. The smallest absolute Gasteiger partial charge is 0.220 e. The highest BCUT2D eigenvalue weighted by Gasteiger charge is 2.14. The number of nitrogens with one attached hydrogen (secondary N) is 1. The zero-order valence-electron chi connectivity index (χ0n) is 17.8. The van der Waals surface area contributed by atoms with Crippen molar-refractivity contribution in [1.82, 2.24) is 15.1 Å². The van der Waals surface area contributed by atoms with Gasteiger partial charge in [-0.25, -0.2) is 9.07 Å². The van der Waals surface area contributed by atoms with E-state index in [-0.39, 0.29) is 11.7 Å². The number of aryl methyl sites for hydroxylation is 1. The van der Waals surface area contributed by atoms with E-state index >= 15 is 0 Å². The standard InChI is InChI=1S/C26H24FN3O2/c1-32-24-9-5-8-20(16-24)25-17-22(29-30(25)23-13-10-21(27)11-14-23)12-15-26(31)28-18-19-6-3-2-4-7-19/h2-11,13-14,16-17H,12,15,18H2,1H3,(H,28,31). The second-order valence-corrected chi connectivity index (χ2v) is 7.40. The minimum Gasteiger partial charge on any atom is -0.497 e. The number of halogens is 1. The van der Waals surface area contributed by atoms with Crippen molar-refractivity contribution in [3.63, 3.8) is 0 Å². The number of hydrogen-bond acceptors (Lipinski definition) is 3. The molecule has 0 fully saturated rings. The van der Waals surface area contributed by atoms with E-state index in [2.05, 4.69) is 5.32 Å². The molecular formula is C26H24FN3O2. The van der Waals surface area contributed by atoms with Crippen molar-refractivity contribution in [2.45, 2.75) is 19.4 Å². The monoisotopic (exact) mass is 429 g/mol. The van der Waals surface area contributed by atoms with Crippen LogP contribution in [0.5, 0.6) is 5.75 Å². The molecule has 0 aliphatic rings. The lowest BCUT2D eigenvalue weighted by atomic mass is 10.1. The second kappa shape index (κ2) is 9.92. The quantitative estimate of drug-likeness (QED) is 0.432. The van der Waals surface area contributed by atoms with Gasteiger partial charge in [-0.2, -0.15) is 5.10 Å².